The number of rotatable bonds is 3. The minimum atomic E-state index is -0.125. The van der Waals surface area contributed by atoms with Crippen LogP contribution < -0.4 is 5.32 Å². The van der Waals surface area contributed by atoms with E-state index in [1.54, 1.807) is 12.1 Å². The Labute approximate surface area is 103 Å². The average molecular weight is 236 g/mol. The quantitative estimate of drug-likeness (QED) is 0.866. The molecule has 0 amide bonds. The highest BCUT2D eigenvalue weighted by Crippen LogP contribution is 2.22. The van der Waals surface area contributed by atoms with Crippen molar-refractivity contribution in [2.75, 3.05) is 26.2 Å². The first-order valence-electron chi connectivity index (χ1n) is 6.38. The summed E-state index contributed by atoms with van der Waals surface area (Å²) in [5.74, 6) is 0.327. The molecular formula is C14H21FN2. The van der Waals surface area contributed by atoms with Gasteiger partial charge in [0.1, 0.15) is 5.82 Å². The van der Waals surface area contributed by atoms with Gasteiger partial charge in [0.2, 0.25) is 0 Å². The first kappa shape index (κ1) is 12.5. The van der Waals surface area contributed by atoms with Gasteiger partial charge in [-0.25, -0.2) is 4.39 Å². The fraction of sp³-hybridized carbons (Fsp3) is 0.571. The van der Waals surface area contributed by atoms with Crippen molar-refractivity contribution in [1.29, 1.82) is 0 Å². The number of nitrogens with one attached hydrogen (secondary N) is 1. The predicted molar refractivity (Wildman–Crippen MR) is 68.6 cm³/mol. The van der Waals surface area contributed by atoms with Gasteiger partial charge in [-0.05, 0) is 29.2 Å². The molecule has 0 unspecified atom stereocenters. The van der Waals surface area contributed by atoms with E-state index in [2.05, 4.69) is 24.1 Å². The molecule has 1 aromatic carbocycles. The fourth-order valence-electron chi connectivity index (χ4n) is 2.38. The Morgan fingerprint density at radius 2 is 2.00 bits per heavy atom. The lowest BCUT2D eigenvalue weighted by Gasteiger charge is -2.28. The summed E-state index contributed by atoms with van der Waals surface area (Å²) in [6, 6.07) is 5.19. The van der Waals surface area contributed by atoms with E-state index in [0.29, 0.717) is 5.92 Å². The molecule has 2 nitrogen and oxygen atoms in total. The number of nitrogens with zero attached hydrogens (tertiary/aromatic N) is 1. The molecule has 3 heteroatoms. The van der Waals surface area contributed by atoms with E-state index < -0.39 is 0 Å². The number of benzene rings is 1. The van der Waals surface area contributed by atoms with Crippen LogP contribution in [0.15, 0.2) is 18.2 Å². The number of hydrogen-bond donors (Lipinski definition) is 1. The standard InChI is InChI=1S/C14H21FN2/c1-11(2)14-4-3-13(15)9-12(14)10-17-7-5-16-6-8-17/h3-4,9,11,16H,5-8,10H2,1-2H3. The largest absolute Gasteiger partial charge is 0.314 e. The van der Waals surface area contributed by atoms with Crippen LogP contribution in [0.1, 0.15) is 30.9 Å². The van der Waals surface area contributed by atoms with E-state index in [-0.39, 0.29) is 5.82 Å². The zero-order valence-corrected chi connectivity index (χ0v) is 10.7. The molecule has 0 aromatic heterocycles. The van der Waals surface area contributed by atoms with Crippen LogP contribution in [0.25, 0.3) is 0 Å². The zero-order chi connectivity index (χ0) is 12.3. The van der Waals surface area contributed by atoms with Crippen molar-refractivity contribution < 1.29 is 4.39 Å². The third-order valence-corrected chi connectivity index (χ3v) is 3.33. The Morgan fingerprint density at radius 1 is 1.29 bits per heavy atom. The predicted octanol–water partition coefficient (Wildman–Crippen LogP) is 2.35. The van der Waals surface area contributed by atoms with E-state index in [9.17, 15) is 4.39 Å². The van der Waals surface area contributed by atoms with Crippen LogP contribution in [0, 0.1) is 5.82 Å². The maximum atomic E-state index is 13.3. The topological polar surface area (TPSA) is 15.3 Å². The highest BCUT2D eigenvalue weighted by molar-refractivity contribution is 5.30. The molecule has 1 N–H and O–H groups in total. The van der Waals surface area contributed by atoms with Gasteiger partial charge in [0.15, 0.2) is 0 Å². The van der Waals surface area contributed by atoms with E-state index >= 15 is 0 Å². The smallest absolute Gasteiger partial charge is 0.123 e. The second-order valence-corrected chi connectivity index (χ2v) is 5.02. The van der Waals surface area contributed by atoms with Crippen LogP contribution in [0.4, 0.5) is 4.39 Å². The minimum absolute atomic E-state index is 0.125. The number of piperazine rings is 1. The number of halogens is 1. The molecule has 0 saturated carbocycles. The van der Waals surface area contributed by atoms with Crippen molar-refractivity contribution in [3.05, 3.63) is 35.1 Å². The van der Waals surface area contributed by atoms with Crippen molar-refractivity contribution in [3.8, 4) is 0 Å². The van der Waals surface area contributed by atoms with Gasteiger partial charge in [-0.1, -0.05) is 19.9 Å². The maximum Gasteiger partial charge on any atom is 0.123 e. The van der Waals surface area contributed by atoms with Gasteiger partial charge in [-0.3, -0.25) is 4.90 Å². The maximum absolute atomic E-state index is 13.3. The molecule has 1 heterocycles. The lowest BCUT2D eigenvalue weighted by Crippen LogP contribution is -2.43. The van der Waals surface area contributed by atoms with Gasteiger partial charge in [-0.15, -0.1) is 0 Å². The van der Waals surface area contributed by atoms with Gasteiger partial charge < -0.3 is 5.32 Å². The molecule has 1 saturated heterocycles. The highest BCUT2D eigenvalue weighted by atomic mass is 19.1. The van der Waals surface area contributed by atoms with Gasteiger partial charge in [-0.2, -0.15) is 0 Å². The Morgan fingerprint density at radius 3 is 2.65 bits per heavy atom. The molecule has 94 valence electrons. The second-order valence-electron chi connectivity index (χ2n) is 5.02. The molecule has 0 aliphatic carbocycles. The molecular weight excluding hydrogens is 215 g/mol. The molecule has 0 spiro atoms. The molecule has 0 atom stereocenters. The summed E-state index contributed by atoms with van der Waals surface area (Å²) < 4.78 is 13.3. The summed E-state index contributed by atoms with van der Waals surface area (Å²) in [7, 11) is 0. The van der Waals surface area contributed by atoms with Crippen molar-refractivity contribution in [1.82, 2.24) is 10.2 Å². The first-order chi connectivity index (χ1) is 8.16. The molecule has 0 radical (unpaired) electrons. The summed E-state index contributed by atoms with van der Waals surface area (Å²) >= 11 is 0. The summed E-state index contributed by atoms with van der Waals surface area (Å²) in [5.41, 5.74) is 2.41. The summed E-state index contributed by atoms with van der Waals surface area (Å²) in [6.45, 7) is 9.36. The highest BCUT2D eigenvalue weighted by Gasteiger charge is 2.14. The lowest BCUT2D eigenvalue weighted by atomic mass is 9.96. The lowest BCUT2D eigenvalue weighted by molar-refractivity contribution is 0.232. The van der Waals surface area contributed by atoms with Gasteiger partial charge in [0, 0.05) is 32.7 Å². The van der Waals surface area contributed by atoms with Crippen molar-refractivity contribution >= 4 is 0 Å². The van der Waals surface area contributed by atoms with E-state index in [4.69, 9.17) is 0 Å². The molecule has 1 fully saturated rings. The second kappa shape index (κ2) is 5.61. The van der Waals surface area contributed by atoms with Crippen LogP contribution in [0.5, 0.6) is 0 Å². The Bertz CT molecular complexity index is 370. The molecule has 1 aliphatic heterocycles. The summed E-state index contributed by atoms with van der Waals surface area (Å²) in [6.07, 6.45) is 0. The van der Waals surface area contributed by atoms with Gasteiger partial charge in [0.05, 0.1) is 0 Å². The van der Waals surface area contributed by atoms with Gasteiger partial charge in [0.25, 0.3) is 0 Å². The van der Waals surface area contributed by atoms with Crippen molar-refractivity contribution in [2.45, 2.75) is 26.3 Å². The first-order valence-corrected chi connectivity index (χ1v) is 6.38. The zero-order valence-electron chi connectivity index (χ0n) is 10.7. The molecule has 1 aromatic rings. The Kier molecular flexibility index (Phi) is 4.13. The van der Waals surface area contributed by atoms with E-state index in [0.717, 1.165) is 38.3 Å². The van der Waals surface area contributed by atoms with Crippen molar-refractivity contribution in [3.63, 3.8) is 0 Å². The Balaban J connectivity index is 2.14. The minimum Gasteiger partial charge on any atom is -0.314 e. The third kappa shape index (κ3) is 3.27. The van der Waals surface area contributed by atoms with E-state index in [1.807, 2.05) is 6.07 Å². The van der Waals surface area contributed by atoms with Crippen molar-refractivity contribution in [2.24, 2.45) is 0 Å². The number of hydrogen-bond acceptors (Lipinski definition) is 2. The SMILES string of the molecule is CC(C)c1ccc(F)cc1CN1CCNCC1. The van der Waals surface area contributed by atoms with Crippen LogP contribution in [-0.2, 0) is 6.54 Å². The van der Waals surface area contributed by atoms with Crippen LogP contribution in [-0.4, -0.2) is 31.1 Å². The molecule has 17 heavy (non-hydrogen) atoms. The normalized spacial score (nSPS) is 17.6. The summed E-state index contributed by atoms with van der Waals surface area (Å²) in [4.78, 5) is 2.39. The van der Waals surface area contributed by atoms with Crippen LogP contribution in [0.3, 0.4) is 0 Å². The molecule has 0 bridgehead atoms. The van der Waals surface area contributed by atoms with Crippen LogP contribution in [0.2, 0.25) is 0 Å². The average Bonchev–Trinajstić information content (AvgIpc) is 2.30. The summed E-state index contributed by atoms with van der Waals surface area (Å²) in [5, 5.41) is 3.33. The third-order valence-electron chi connectivity index (χ3n) is 3.33. The van der Waals surface area contributed by atoms with Gasteiger partial charge >= 0.3 is 0 Å². The molecule has 1 aliphatic rings. The Hall–Kier alpha value is -0.930. The van der Waals surface area contributed by atoms with Crippen LogP contribution >= 0.6 is 0 Å². The monoisotopic (exact) mass is 236 g/mol. The fourth-order valence-corrected chi connectivity index (χ4v) is 2.38. The molecule has 2 rings (SSSR count). The van der Waals surface area contributed by atoms with E-state index in [1.165, 1.54) is 5.56 Å².